The molecule has 1 heterocycles. The van der Waals surface area contributed by atoms with Crippen LogP contribution < -0.4 is 5.73 Å². The maximum absolute atomic E-state index is 6.60. The van der Waals surface area contributed by atoms with E-state index in [1.54, 1.807) is 0 Å². The van der Waals surface area contributed by atoms with Gasteiger partial charge in [0.05, 0.1) is 11.6 Å². The Hall–Kier alpha value is -1.38. The summed E-state index contributed by atoms with van der Waals surface area (Å²) in [5, 5.41) is 2.78. The highest BCUT2D eigenvalue weighted by atomic mass is 16.5. The minimum absolute atomic E-state index is 0.0464. The molecule has 1 aliphatic carbocycles. The van der Waals surface area contributed by atoms with E-state index < -0.39 is 0 Å². The highest BCUT2D eigenvalue weighted by Crippen LogP contribution is 2.40. The van der Waals surface area contributed by atoms with Crippen molar-refractivity contribution >= 4 is 10.8 Å². The summed E-state index contributed by atoms with van der Waals surface area (Å²) < 4.78 is 5.96. The molecule has 0 aromatic heterocycles. The van der Waals surface area contributed by atoms with E-state index in [4.69, 9.17) is 10.5 Å². The molecule has 0 spiro atoms. The van der Waals surface area contributed by atoms with E-state index >= 15 is 0 Å². The topological polar surface area (TPSA) is 35.2 Å². The van der Waals surface area contributed by atoms with E-state index in [1.165, 1.54) is 40.3 Å². The summed E-state index contributed by atoms with van der Waals surface area (Å²) in [7, 11) is 0. The highest BCUT2D eigenvalue weighted by Gasteiger charge is 2.38. The summed E-state index contributed by atoms with van der Waals surface area (Å²) in [6.07, 6.45) is 4.50. The summed E-state index contributed by atoms with van der Waals surface area (Å²) in [5.74, 6) is 0. The summed E-state index contributed by atoms with van der Waals surface area (Å²) >= 11 is 0. The Labute approximate surface area is 119 Å². The van der Waals surface area contributed by atoms with Crippen molar-refractivity contribution in [1.82, 2.24) is 0 Å². The Kier molecular flexibility index (Phi) is 2.66. The van der Waals surface area contributed by atoms with Crippen LogP contribution in [0, 0.1) is 0 Å². The van der Waals surface area contributed by atoms with Gasteiger partial charge in [-0.25, -0.2) is 0 Å². The molecule has 2 heteroatoms. The van der Waals surface area contributed by atoms with Crippen molar-refractivity contribution in [1.29, 1.82) is 0 Å². The quantitative estimate of drug-likeness (QED) is 0.903. The highest BCUT2D eigenvalue weighted by molar-refractivity contribution is 5.93. The maximum atomic E-state index is 6.60. The molecule has 0 radical (unpaired) electrons. The van der Waals surface area contributed by atoms with Crippen LogP contribution in [0.5, 0.6) is 0 Å². The molecule has 0 bridgehead atoms. The second kappa shape index (κ2) is 4.31. The van der Waals surface area contributed by atoms with Gasteiger partial charge in [-0.1, -0.05) is 30.3 Å². The van der Waals surface area contributed by atoms with Crippen molar-refractivity contribution in [2.75, 3.05) is 6.61 Å². The third-order valence-electron chi connectivity index (χ3n) is 5.15. The Morgan fingerprint density at radius 1 is 1.15 bits per heavy atom. The minimum atomic E-state index is -0.210. The summed E-state index contributed by atoms with van der Waals surface area (Å²) in [6, 6.07) is 11.1. The van der Waals surface area contributed by atoms with Crippen molar-refractivity contribution < 1.29 is 4.74 Å². The van der Waals surface area contributed by atoms with Crippen LogP contribution in [0.1, 0.15) is 42.5 Å². The van der Waals surface area contributed by atoms with Crippen LogP contribution in [0.4, 0.5) is 0 Å². The summed E-state index contributed by atoms with van der Waals surface area (Å²) in [5.41, 5.74) is 10.6. The zero-order valence-corrected chi connectivity index (χ0v) is 12.0. The first kappa shape index (κ1) is 12.4. The molecular formula is C18H21NO. The second-order valence-corrected chi connectivity index (χ2v) is 6.40. The van der Waals surface area contributed by atoms with Crippen LogP contribution in [-0.2, 0) is 17.6 Å². The van der Waals surface area contributed by atoms with Crippen LogP contribution >= 0.6 is 0 Å². The van der Waals surface area contributed by atoms with Gasteiger partial charge in [0.2, 0.25) is 0 Å². The van der Waals surface area contributed by atoms with Crippen molar-refractivity contribution in [2.24, 2.45) is 5.73 Å². The zero-order chi connectivity index (χ0) is 13.7. The molecule has 1 fully saturated rings. The van der Waals surface area contributed by atoms with Gasteiger partial charge in [0.1, 0.15) is 0 Å². The van der Waals surface area contributed by atoms with E-state index in [1.807, 2.05) is 0 Å². The average molecular weight is 267 g/mol. The van der Waals surface area contributed by atoms with E-state index in [2.05, 4.69) is 37.3 Å². The monoisotopic (exact) mass is 267 g/mol. The lowest BCUT2D eigenvalue weighted by Gasteiger charge is -2.31. The Morgan fingerprint density at radius 3 is 2.70 bits per heavy atom. The number of benzene rings is 2. The van der Waals surface area contributed by atoms with Gasteiger partial charge in [-0.15, -0.1) is 0 Å². The fourth-order valence-corrected chi connectivity index (χ4v) is 3.92. The fraction of sp³-hybridized carbons (Fsp3) is 0.444. The van der Waals surface area contributed by atoms with Gasteiger partial charge in [0.15, 0.2) is 0 Å². The number of hydrogen-bond donors (Lipinski definition) is 1. The van der Waals surface area contributed by atoms with Crippen molar-refractivity contribution in [3.8, 4) is 0 Å². The Morgan fingerprint density at radius 2 is 1.95 bits per heavy atom. The van der Waals surface area contributed by atoms with Crippen LogP contribution in [0.3, 0.4) is 0 Å². The van der Waals surface area contributed by atoms with Gasteiger partial charge < -0.3 is 10.5 Å². The van der Waals surface area contributed by atoms with Gasteiger partial charge in [0, 0.05) is 6.61 Å². The number of rotatable bonds is 2. The first-order chi connectivity index (χ1) is 9.69. The summed E-state index contributed by atoms with van der Waals surface area (Å²) in [4.78, 5) is 0. The molecule has 0 amide bonds. The second-order valence-electron chi connectivity index (χ2n) is 6.40. The SMILES string of the molecule is CC1(C(N)c2ccc3c4c(cccc24)CC3)CCCO1. The lowest BCUT2D eigenvalue weighted by molar-refractivity contribution is -0.00139. The van der Waals surface area contributed by atoms with Gasteiger partial charge in [-0.2, -0.15) is 0 Å². The number of hydrogen-bond acceptors (Lipinski definition) is 2. The van der Waals surface area contributed by atoms with Crippen LogP contribution in [0.25, 0.3) is 10.8 Å². The van der Waals surface area contributed by atoms with E-state index in [0.29, 0.717) is 0 Å². The van der Waals surface area contributed by atoms with Crippen molar-refractivity contribution in [2.45, 2.75) is 44.2 Å². The van der Waals surface area contributed by atoms with Crippen molar-refractivity contribution in [3.05, 3.63) is 47.0 Å². The molecule has 2 aliphatic rings. The molecule has 2 N–H and O–H groups in total. The molecule has 2 aromatic rings. The predicted octanol–water partition coefficient (Wildman–Crippen LogP) is 3.51. The zero-order valence-electron chi connectivity index (χ0n) is 12.0. The van der Waals surface area contributed by atoms with Gasteiger partial charge in [-0.05, 0) is 60.1 Å². The average Bonchev–Trinajstić information content (AvgIpc) is 3.08. The van der Waals surface area contributed by atoms with Crippen LogP contribution in [0.2, 0.25) is 0 Å². The van der Waals surface area contributed by atoms with Crippen LogP contribution in [0.15, 0.2) is 30.3 Å². The molecule has 1 aliphatic heterocycles. The van der Waals surface area contributed by atoms with Gasteiger partial charge >= 0.3 is 0 Å². The molecule has 1 saturated heterocycles. The largest absolute Gasteiger partial charge is 0.373 e. The standard InChI is InChI=1S/C18H21NO/c1-18(10-3-11-20-18)17(19)15-9-8-13-7-6-12-4-2-5-14(15)16(12)13/h2,4-5,8-9,17H,3,6-7,10-11,19H2,1H3. The third-order valence-corrected chi connectivity index (χ3v) is 5.15. The maximum Gasteiger partial charge on any atom is 0.0847 e. The van der Waals surface area contributed by atoms with E-state index in [0.717, 1.165) is 19.4 Å². The molecule has 4 rings (SSSR count). The predicted molar refractivity (Wildman–Crippen MR) is 81.9 cm³/mol. The smallest absolute Gasteiger partial charge is 0.0847 e. The molecule has 20 heavy (non-hydrogen) atoms. The minimum Gasteiger partial charge on any atom is -0.373 e. The van der Waals surface area contributed by atoms with Gasteiger partial charge in [0.25, 0.3) is 0 Å². The van der Waals surface area contributed by atoms with E-state index in [-0.39, 0.29) is 11.6 Å². The normalized spacial score (nSPS) is 26.3. The Balaban J connectivity index is 1.89. The number of aryl methyl sites for hydroxylation is 2. The first-order valence-electron chi connectivity index (χ1n) is 7.62. The van der Waals surface area contributed by atoms with Gasteiger partial charge in [-0.3, -0.25) is 0 Å². The fourth-order valence-electron chi connectivity index (χ4n) is 3.92. The lowest BCUT2D eigenvalue weighted by atomic mass is 9.85. The molecule has 2 unspecified atom stereocenters. The van der Waals surface area contributed by atoms with Crippen molar-refractivity contribution in [3.63, 3.8) is 0 Å². The number of nitrogens with two attached hydrogens (primary N) is 1. The third kappa shape index (κ3) is 1.65. The molecular weight excluding hydrogens is 246 g/mol. The molecule has 2 aromatic carbocycles. The summed E-state index contributed by atoms with van der Waals surface area (Å²) in [6.45, 7) is 3.00. The molecule has 0 saturated carbocycles. The molecule has 104 valence electrons. The Bertz CT molecular complexity index is 660. The van der Waals surface area contributed by atoms with Crippen LogP contribution in [-0.4, -0.2) is 12.2 Å². The van der Waals surface area contributed by atoms with E-state index in [9.17, 15) is 0 Å². The number of ether oxygens (including phenoxy) is 1. The lowest BCUT2D eigenvalue weighted by Crippen LogP contribution is -2.37. The molecule has 2 nitrogen and oxygen atoms in total. The first-order valence-corrected chi connectivity index (χ1v) is 7.62. The molecule has 2 atom stereocenters.